The zero-order valence-corrected chi connectivity index (χ0v) is 19.5. The zero-order valence-electron chi connectivity index (χ0n) is 19.5. The van der Waals surface area contributed by atoms with Gasteiger partial charge in [-0.2, -0.15) is 0 Å². The molecular weight excluding hydrogens is 400 g/mol. The van der Waals surface area contributed by atoms with Crippen LogP contribution in [0.3, 0.4) is 0 Å². The number of rotatable bonds is 8. The molecule has 3 N–H and O–H groups in total. The van der Waals surface area contributed by atoms with Gasteiger partial charge in [-0.25, -0.2) is 4.79 Å². The third kappa shape index (κ3) is 7.09. The Morgan fingerprint density at radius 1 is 0.969 bits per heavy atom. The smallest absolute Gasteiger partial charge is 0.319 e. The Kier molecular flexibility index (Phi) is 8.68. The second kappa shape index (κ2) is 11.7. The molecule has 1 aliphatic carbocycles. The van der Waals surface area contributed by atoms with Crippen LogP contribution in [0.25, 0.3) is 0 Å². The number of nitrogens with one attached hydrogen (secondary N) is 3. The van der Waals surface area contributed by atoms with Crippen LogP contribution in [-0.2, 0) is 13.1 Å². The predicted octanol–water partition coefficient (Wildman–Crippen LogP) is 4.91. The number of hydrogen-bond acceptors (Lipinski definition) is 3. The summed E-state index contributed by atoms with van der Waals surface area (Å²) in [6.07, 6.45) is 6.56. The minimum atomic E-state index is -0.257. The van der Waals surface area contributed by atoms with E-state index in [4.69, 9.17) is 0 Å². The third-order valence-electron chi connectivity index (χ3n) is 6.00. The normalized spacial score (nSPS) is 14.4. The number of carbonyl (C=O) groups excluding carboxylic acids is 2. The SMILES string of the molecule is CC(C)NC(=O)Nc1ccc(C(=O)NCc2ccccc2CN(C)C2CCCCC2)cc1. The molecule has 1 saturated carbocycles. The van der Waals surface area contributed by atoms with Crippen molar-refractivity contribution >= 4 is 17.6 Å². The molecule has 172 valence electrons. The minimum absolute atomic E-state index is 0.0605. The Morgan fingerprint density at radius 2 is 1.62 bits per heavy atom. The van der Waals surface area contributed by atoms with Crippen molar-refractivity contribution in [1.82, 2.24) is 15.5 Å². The summed E-state index contributed by atoms with van der Waals surface area (Å²) in [7, 11) is 2.21. The zero-order chi connectivity index (χ0) is 22.9. The van der Waals surface area contributed by atoms with Gasteiger partial charge in [-0.05, 0) is 69.1 Å². The van der Waals surface area contributed by atoms with E-state index in [1.807, 2.05) is 19.9 Å². The van der Waals surface area contributed by atoms with Crippen LogP contribution in [0.2, 0.25) is 0 Å². The highest BCUT2D eigenvalue weighted by atomic mass is 16.2. The van der Waals surface area contributed by atoms with Crippen molar-refractivity contribution in [3.63, 3.8) is 0 Å². The molecule has 1 fully saturated rings. The molecule has 0 unspecified atom stereocenters. The molecule has 0 bridgehead atoms. The highest BCUT2D eigenvalue weighted by Gasteiger charge is 2.19. The van der Waals surface area contributed by atoms with Crippen molar-refractivity contribution in [3.8, 4) is 0 Å². The third-order valence-corrected chi connectivity index (χ3v) is 6.00. The lowest BCUT2D eigenvalue weighted by Gasteiger charge is -2.31. The van der Waals surface area contributed by atoms with Gasteiger partial charge in [0.1, 0.15) is 0 Å². The Hall–Kier alpha value is -2.86. The average Bonchev–Trinajstić information content (AvgIpc) is 2.78. The molecule has 0 heterocycles. The summed E-state index contributed by atoms with van der Waals surface area (Å²) in [6.45, 7) is 5.19. The van der Waals surface area contributed by atoms with Crippen LogP contribution >= 0.6 is 0 Å². The van der Waals surface area contributed by atoms with Gasteiger partial charge in [0.05, 0.1) is 0 Å². The molecule has 0 aliphatic heterocycles. The number of benzene rings is 2. The first-order valence-electron chi connectivity index (χ1n) is 11.6. The fourth-order valence-electron chi connectivity index (χ4n) is 4.22. The van der Waals surface area contributed by atoms with Crippen LogP contribution in [0.5, 0.6) is 0 Å². The van der Waals surface area contributed by atoms with Crippen molar-refractivity contribution < 1.29 is 9.59 Å². The number of anilines is 1. The van der Waals surface area contributed by atoms with Gasteiger partial charge in [0.25, 0.3) is 5.91 Å². The van der Waals surface area contributed by atoms with Crippen LogP contribution in [0.15, 0.2) is 48.5 Å². The fourth-order valence-corrected chi connectivity index (χ4v) is 4.22. The molecule has 0 spiro atoms. The molecule has 0 atom stereocenters. The first kappa shape index (κ1) is 23.8. The van der Waals surface area contributed by atoms with E-state index in [1.54, 1.807) is 24.3 Å². The quantitative estimate of drug-likeness (QED) is 0.550. The second-order valence-electron chi connectivity index (χ2n) is 8.99. The predicted molar refractivity (Wildman–Crippen MR) is 130 cm³/mol. The largest absolute Gasteiger partial charge is 0.348 e. The second-order valence-corrected chi connectivity index (χ2v) is 8.99. The van der Waals surface area contributed by atoms with E-state index in [0.717, 1.165) is 12.1 Å². The molecule has 32 heavy (non-hydrogen) atoms. The van der Waals surface area contributed by atoms with E-state index in [9.17, 15) is 9.59 Å². The van der Waals surface area contributed by atoms with E-state index in [1.165, 1.54) is 37.7 Å². The Labute approximate surface area is 191 Å². The van der Waals surface area contributed by atoms with Crippen molar-refractivity contribution in [3.05, 3.63) is 65.2 Å². The van der Waals surface area contributed by atoms with Gasteiger partial charge >= 0.3 is 6.03 Å². The standard InChI is InChI=1S/C26H36N4O2/c1-19(2)28-26(32)29-23-15-13-20(14-16-23)25(31)27-17-21-9-7-8-10-22(21)18-30(3)24-11-5-4-6-12-24/h7-10,13-16,19,24H,4-6,11-12,17-18H2,1-3H3,(H,27,31)(H2,28,29,32). The summed E-state index contributed by atoms with van der Waals surface area (Å²) in [5.41, 5.74) is 3.62. The van der Waals surface area contributed by atoms with Gasteiger partial charge < -0.3 is 16.0 Å². The number of carbonyl (C=O) groups is 2. The van der Waals surface area contributed by atoms with E-state index < -0.39 is 0 Å². The van der Waals surface area contributed by atoms with Crippen molar-refractivity contribution in [2.24, 2.45) is 0 Å². The van der Waals surface area contributed by atoms with E-state index in [0.29, 0.717) is 23.8 Å². The van der Waals surface area contributed by atoms with Gasteiger partial charge in [-0.3, -0.25) is 9.69 Å². The lowest BCUT2D eigenvalue weighted by Crippen LogP contribution is -2.34. The highest BCUT2D eigenvalue weighted by molar-refractivity contribution is 5.95. The molecule has 2 aromatic rings. The molecular formula is C26H36N4O2. The lowest BCUT2D eigenvalue weighted by atomic mass is 9.94. The minimum Gasteiger partial charge on any atom is -0.348 e. The molecule has 0 saturated heterocycles. The maximum Gasteiger partial charge on any atom is 0.319 e. The molecule has 6 heteroatoms. The van der Waals surface area contributed by atoms with Crippen LogP contribution < -0.4 is 16.0 Å². The van der Waals surface area contributed by atoms with Crippen molar-refractivity contribution in [2.75, 3.05) is 12.4 Å². The molecule has 3 rings (SSSR count). The monoisotopic (exact) mass is 436 g/mol. The van der Waals surface area contributed by atoms with Crippen LogP contribution in [-0.4, -0.2) is 36.0 Å². The Balaban J connectivity index is 1.55. The van der Waals surface area contributed by atoms with E-state index >= 15 is 0 Å². The van der Waals surface area contributed by atoms with E-state index in [2.05, 4.69) is 46.1 Å². The first-order valence-corrected chi connectivity index (χ1v) is 11.6. The first-order chi connectivity index (χ1) is 15.4. The van der Waals surface area contributed by atoms with Gasteiger partial charge in [0, 0.05) is 36.4 Å². The van der Waals surface area contributed by atoms with Gasteiger partial charge in [0.2, 0.25) is 0 Å². The Bertz CT molecular complexity index is 889. The number of urea groups is 1. The number of amides is 3. The molecule has 0 radical (unpaired) electrons. The maximum atomic E-state index is 12.7. The number of nitrogens with zero attached hydrogens (tertiary/aromatic N) is 1. The summed E-state index contributed by atoms with van der Waals surface area (Å²) in [5, 5.41) is 8.57. The molecule has 1 aliphatic rings. The average molecular weight is 437 g/mol. The molecule has 6 nitrogen and oxygen atoms in total. The summed E-state index contributed by atoms with van der Waals surface area (Å²) in [6, 6.07) is 15.7. The van der Waals surface area contributed by atoms with Crippen LogP contribution in [0.4, 0.5) is 10.5 Å². The summed E-state index contributed by atoms with van der Waals surface area (Å²) < 4.78 is 0. The van der Waals surface area contributed by atoms with E-state index in [-0.39, 0.29) is 18.0 Å². The van der Waals surface area contributed by atoms with Gasteiger partial charge in [-0.1, -0.05) is 43.5 Å². The van der Waals surface area contributed by atoms with Gasteiger partial charge in [-0.15, -0.1) is 0 Å². The summed E-state index contributed by atoms with van der Waals surface area (Å²) in [5.74, 6) is -0.126. The summed E-state index contributed by atoms with van der Waals surface area (Å²) >= 11 is 0. The van der Waals surface area contributed by atoms with Crippen LogP contribution in [0, 0.1) is 0 Å². The molecule has 2 aromatic carbocycles. The Morgan fingerprint density at radius 3 is 2.28 bits per heavy atom. The van der Waals surface area contributed by atoms with Crippen molar-refractivity contribution in [1.29, 1.82) is 0 Å². The molecule has 3 amide bonds. The summed E-state index contributed by atoms with van der Waals surface area (Å²) in [4.78, 5) is 26.9. The fraction of sp³-hybridized carbons (Fsp3) is 0.462. The topological polar surface area (TPSA) is 73.5 Å². The lowest BCUT2D eigenvalue weighted by molar-refractivity contribution is 0.0950. The van der Waals surface area contributed by atoms with Gasteiger partial charge in [0.15, 0.2) is 0 Å². The number of hydrogen-bond donors (Lipinski definition) is 3. The maximum absolute atomic E-state index is 12.7. The molecule has 0 aromatic heterocycles. The van der Waals surface area contributed by atoms with Crippen LogP contribution in [0.1, 0.15) is 67.4 Å². The highest BCUT2D eigenvalue weighted by Crippen LogP contribution is 2.23. The van der Waals surface area contributed by atoms with Crippen molar-refractivity contribution in [2.45, 2.75) is 71.1 Å².